The van der Waals surface area contributed by atoms with Gasteiger partial charge in [0.1, 0.15) is 51.7 Å². The molecule has 0 aliphatic heterocycles. The van der Waals surface area contributed by atoms with Crippen molar-refractivity contribution in [2.75, 3.05) is 23.9 Å². The van der Waals surface area contributed by atoms with E-state index in [1.807, 2.05) is 30.3 Å². The van der Waals surface area contributed by atoms with Gasteiger partial charge in [0.25, 0.3) is 0 Å². The van der Waals surface area contributed by atoms with Crippen molar-refractivity contribution < 1.29 is 22.0 Å². The summed E-state index contributed by atoms with van der Waals surface area (Å²) in [4.78, 5) is 8.79. The molecule has 0 spiro atoms. The number of nitrogens with one attached hydrogen (secondary N) is 2. The number of aromatic nitrogens is 2. The molecule has 0 fully saturated rings. The van der Waals surface area contributed by atoms with Crippen LogP contribution in [0.25, 0.3) is 22.2 Å². The van der Waals surface area contributed by atoms with Crippen LogP contribution in [0.1, 0.15) is 11.3 Å². The van der Waals surface area contributed by atoms with Gasteiger partial charge in [-0.1, -0.05) is 29.8 Å². The molecule has 0 amide bonds. The number of sulfone groups is 1. The standard InChI is InChI=1S/C29H26ClFN4O4S/c1-40(36,37)13-12-32-16-22-8-11-27(39-22)19-6-9-26-23(14-19)29(34-18-33-26)35-21-7-10-28(24(30)15-21)38-17-20-4-2-3-5-25(20)31/h2-11,14-15,18,32H,12-13,16-17H2,1H3,(H,33,34,35). The molecule has 0 atom stereocenters. The second-order valence-corrected chi connectivity index (χ2v) is 11.8. The molecule has 0 aliphatic rings. The molecule has 11 heteroatoms. The van der Waals surface area contributed by atoms with E-state index in [1.54, 1.807) is 36.4 Å². The van der Waals surface area contributed by atoms with Crippen molar-refractivity contribution in [3.8, 4) is 17.1 Å². The van der Waals surface area contributed by atoms with Gasteiger partial charge in [0.05, 0.1) is 22.8 Å². The lowest BCUT2D eigenvalue weighted by molar-refractivity contribution is 0.300. The molecule has 5 rings (SSSR count). The van der Waals surface area contributed by atoms with Gasteiger partial charge in [-0.05, 0) is 54.6 Å². The van der Waals surface area contributed by atoms with Crippen LogP contribution < -0.4 is 15.4 Å². The topological polar surface area (TPSA) is 106 Å². The predicted octanol–water partition coefficient (Wildman–Crippen LogP) is 6.14. The predicted molar refractivity (Wildman–Crippen MR) is 154 cm³/mol. The smallest absolute Gasteiger partial charge is 0.148 e. The molecule has 0 bridgehead atoms. The van der Waals surface area contributed by atoms with Gasteiger partial charge >= 0.3 is 0 Å². The third-order valence-electron chi connectivity index (χ3n) is 6.07. The summed E-state index contributed by atoms with van der Waals surface area (Å²) in [5.74, 6) is 2.10. The fraction of sp³-hybridized carbons (Fsp3) is 0.172. The van der Waals surface area contributed by atoms with E-state index in [-0.39, 0.29) is 18.2 Å². The fourth-order valence-electron chi connectivity index (χ4n) is 4.01. The highest BCUT2D eigenvalue weighted by Crippen LogP contribution is 2.33. The highest BCUT2D eigenvalue weighted by Gasteiger charge is 2.12. The van der Waals surface area contributed by atoms with Gasteiger partial charge < -0.3 is 19.8 Å². The monoisotopic (exact) mass is 580 g/mol. The molecule has 206 valence electrons. The molecular formula is C29H26ClFN4O4S. The van der Waals surface area contributed by atoms with Crippen LogP contribution in [0.2, 0.25) is 5.02 Å². The highest BCUT2D eigenvalue weighted by molar-refractivity contribution is 7.90. The van der Waals surface area contributed by atoms with Crippen LogP contribution in [0.3, 0.4) is 0 Å². The zero-order valence-electron chi connectivity index (χ0n) is 21.5. The van der Waals surface area contributed by atoms with Gasteiger partial charge in [-0.3, -0.25) is 0 Å². The van der Waals surface area contributed by atoms with Crippen LogP contribution in [0.4, 0.5) is 15.9 Å². The van der Waals surface area contributed by atoms with Crippen molar-refractivity contribution in [1.82, 2.24) is 15.3 Å². The Bertz CT molecular complexity index is 1760. The number of fused-ring (bicyclic) bond motifs is 1. The Morgan fingerprint density at radius 3 is 2.67 bits per heavy atom. The molecular weight excluding hydrogens is 555 g/mol. The average Bonchev–Trinajstić information content (AvgIpc) is 3.40. The van der Waals surface area contributed by atoms with E-state index in [4.69, 9.17) is 20.8 Å². The van der Waals surface area contributed by atoms with E-state index >= 15 is 0 Å². The van der Waals surface area contributed by atoms with Gasteiger partial charge in [-0.25, -0.2) is 22.8 Å². The molecule has 0 radical (unpaired) electrons. The molecule has 40 heavy (non-hydrogen) atoms. The average molecular weight is 581 g/mol. The first-order valence-electron chi connectivity index (χ1n) is 12.4. The Morgan fingerprint density at radius 2 is 1.88 bits per heavy atom. The second-order valence-electron chi connectivity index (χ2n) is 9.18. The lowest BCUT2D eigenvalue weighted by Crippen LogP contribution is -2.21. The maximum Gasteiger partial charge on any atom is 0.148 e. The molecule has 8 nitrogen and oxygen atoms in total. The minimum absolute atomic E-state index is 0.0592. The molecule has 0 unspecified atom stereocenters. The molecule has 3 aromatic carbocycles. The van der Waals surface area contributed by atoms with E-state index in [1.165, 1.54) is 18.6 Å². The van der Waals surface area contributed by atoms with Gasteiger partial charge in [0, 0.05) is 35.0 Å². The SMILES string of the molecule is CS(=O)(=O)CCNCc1ccc(-c2ccc3ncnc(Nc4ccc(OCc5ccccc5F)c(Cl)c4)c3c2)o1. The number of hydrogen-bond acceptors (Lipinski definition) is 8. The first kappa shape index (κ1) is 27.6. The number of ether oxygens (including phenoxy) is 1. The highest BCUT2D eigenvalue weighted by atomic mass is 35.5. The van der Waals surface area contributed by atoms with Crippen LogP contribution in [-0.4, -0.2) is 36.9 Å². The summed E-state index contributed by atoms with van der Waals surface area (Å²) in [6.07, 6.45) is 2.69. The van der Waals surface area contributed by atoms with Crippen molar-refractivity contribution in [1.29, 1.82) is 0 Å². The Kier molecular flexibility index (Phi) is 8.29. The molecule has 0 aliphatic carbocycles. The molecule has 0 saturated heterocycles. The number of halogens is 2. The Labute approximate surface area is 236 Å². The second kappa shape index (κ2) is 12.0. The number of anilines is 2. The van der Waals surface area contributed by atoms with Crippen molar-refractivity contribution in [3.05, 3.63) is 101 Å². The summed E-state index contributed by atoms with van der Waals surface area (Å²) >= 11 is 6.46. The third kappa shape index (κ3) is 6.95. The summed E-state index contributed by atoms with van der Waals surface area (Å²) in [5, 5.41) is 7.51. The largest absolute Gasteiger partial charge is 0.487 e. The van der Waals surface area contributed by atoms with E-state index in [9.17, 15) is 12.8 Å². The maximum absolute atomic E-state index is 13.9. The first-order valence-corrected chi connectivity index (χ1v) is 14.8. The van der Waals surface area contributed by atoms with Crippen LogP contribution >= 0.6 is 11.6 Å². The molecule has 0 saturated carbocycles. The Morgan fingerprint density at radius 1 is 1.02 bits per heavy atom. The van der Waals surface area contributed by atoms with Crippen LogP contribution in [-0.2, 0) is 23.0 Å². The summed E-state index contributed by atoms with van der Waals surface area (Å²) in [5.41, 5.74) is 2.71. The fourth-order valence-corrected chi connectivity index (χ4v) is 4.76. The van der Waals surface area contributed by atoms with Gasteiger partial charge in [-0.15, -0.1) is 0 Å². The van der Waals surface area contributed by atoms with Crippen molar-refractivity contribution >= 4 is 43.8 Å². The normalized spacial score (nSPS) is 11.6. The molecule has 2 aromatic heterocycles. The van der Waals surface area contributed by atoms with Gasteiger partial charge in [0.15, 0.2) is 0 Å². The number of hydrogen-bond donors (Lipinski definition) is 2. The van der Waals surface area contributed by atoms with Crippen LogP contribution in [0, 0.1) is 5.82 Å². The van der Waals surface area contributed by atoms with Gasteiger partial charge in [-0.2, -0.15) is 0 Å². The quantitative estimate of drug-likeness (QED) is 0.179. The number of rotatable bonds is 11. The van der Waals surface area contributed by atoms with E-state index in [0.29, 0.717) is 52.5 Å². The zero-order valence-corrected chi connectivity index (χ0v) is 23.1. The van der Waals surface area contributed by atoms with Crippen LogP contribution in [0.15, 0.2) is 83.5 Å². The number of benzene rings is 3. The maximum atomic E-state index is 13.9. The Balaban J connectivity index is 1.30. The summed E-state index contributed by atoms with van der Waals surface area (Å²) < 4.78 is 48.2. The minimum atomic E-state index is -3.02. The van der Waals surface area contributed by atoms with Gasteiger partial charge in [0.2, 0.25) is 0 Å². The van der Waals surface area contributed by atoms with Crippen molar-refractivity contribution in [3.63, 3.8) is 0 Å². The minimum Gasteiger partial charge on any atom is -0.487 e. The van der Waals surface area contributed by atoms with Crippen molar-refractivity contribution in [2.24, 2.45) is 0 Å². The first-order chi connectivity index (χ1) is 19.2. The molecule has 2 N–H and O–H groups in total. The number of furan rings is 1. The van der Waals surface area contributed by atoms with E-state index < -0.39 is 9.84 Å². The van der Waals surface area contributed by atoms with Crippen molar-refractivity contribution in [2.45, 2.75) is 13.2 Å². The Hall–Kier alpha value is -3.99. The summed E-state index contributed by atoms with van der Waals surface area (Å²) in [6.45, 7) is 0.823. The third-order valence-corrected chi connectivity index (χ3v) is 7.31. The lowest BCUT2D eigenvalue weighted by Gasteiger charge is -2.12. The zero-order chi connectivity index (χ0) is 28.1. The summed E-state index contributed by atoms with van der Waals surface area (Å²) in [7, 11) is -3.02. The lowest BCUT2D eigenvalue weighted by atomic mass is 10.1. The van der Waals surface area contributed by atoms with Crippen LogP contribution in [0.5, 0.6) is 5.75 Å². The number of nitrogens with zero attached hydrogens (tertiary/aromatic N) is 2. The van der Waals surface area contributed by atoms with E-state index in [0.717, 1.165) is 16.5 Å². The molecule has 5 aromatic rings. The summed E-state index contributed by atoms with van der Waals surface area (Å²) in [6, 6.07) is 21.1. The molecule has 2 heterocycles. The van der Waals surface area contributed by atoms with E-state index in [2.05, 4.69) is 20.6 Å².